The van der Waals surface area contributed by atoms with Crippen LogP contribution in [0.2, 0.25) is 0 Å². The quantitative estimate of drug-likeness (QED) is 0.865. The highest BCUT2D eigenvalue weighted by Crippen LogP contribution is 2.19. The van der Waals surface area contributed by atoms with Crippen LogP contribution in [0.25, 0.3) is 6.08 Å². The minimum Gasteiger partial charge on any atom is -0.481 e. The molecule has 0 aliphatic carbocycles. The van der Waals surface area contributed by atoms with Crippen LogP contribution in [0.15, 0.2) is 28.7 Å². The van der Waals surface area contributed by atoms with E-state index >= 15 is 0 Å². The van der Waals surface area contributed by atoms with E-state index in [0.29, 0.717) is 5.56 Å². The van der Waals surface area contributed by atoms with Crippen LogP contribution in [-0.2, 0) is 9.59 Å². The van der Waals surface area contributed by atoms with Gasteiger partial charge in [0, 0.05) is 29.2 Å². The summed E-state index contributed by atoms with van der Waals surface area (Å²) in [5, 5.41) is 8.70. The second-order valence-corrected chi connectivity index (χ2v) is 5.19. The fraction of sp³-hybridized carbons (Fsp3) is 0.231. The first kappa shape index (κ1) is 13.7. The normalized spacial score (nSPS) is 15.6. The maximum atomic E-state index is 13.4. The standard InChI is InChI=1S/C13H11BrFNO3/c14-10-2-3-11(15)8(5-10)1-4-12(17)16-6-9(7-16)13(18)19/h1-5,9H,6-7H2,(H,18,19). The zero-order valence-electron chi connectivity index (χ0n) is 9.85. The Morgan fingerprint density at radius 2 is 2.11 bits per heavy atom. The Kier molecular flexibility index (Phi) is 3.99. The van der Waals surface area contributed by atoms with Gasteiger partial charge in [-0.1, -0.05) is 15.9 Å². The summed E-state index contributed by atoms with van der Waals surface area (Å²) in [4.78, 5) is 23.7. The third-order valence-electron chi connectivity index (χ3n) is 2.91. The van der Waals surface area contributed by atoms with Crippen LogP contribution < -0.4 is 0 Å². The van der Waals surface area contributed by atoms with Crippen molar-refractivity contribution >= 4 is 33.9 Å². The minimum absolute atomic E-state index is 0.208. The molecule has 0 bridgehead atoms. The predicted molar refractivity (Wildman–Crippen MR) is 70.8 cm³/mol. The van der Waals surface area contributed by atoms with Gasteiger partial charge in [0.05, 0.1) is 5.92 Å². The third kappa shape index (κ3) is 3.20. The summed E-state index contributed by atoms with van der Waals surface area (Å²) < 4.78 is 14.1. The SMILES string of the molecule is O=C(O)C1CN(C(=O)C=Cc2cc(Br)ccc2F)C1. The van der Waals surface area contributed by atoms with Gasteiger partial charge in [-0.3, -0.25) is 9.59 Å². The molecule has 1 heterocycles. The van der Waals surface area contributed by atoms with Gasteiger partial charge < -0.3 is 10.0 Å². The minimum atomic E-state index is -0.897. The Morgan fingerprint density at radius 1 is 1.42 bits per heavy atom. The number of carboxylic acid groups (broad SMARTS) is 1. The zero-order chi connectivity index (χ0) is 14.0. The zero-order valence-corrected chi connectivity index (χ0v) is 11.4. The largest absolute Gasteiger partial charge is 0.481 e. The van der Waals surface area contributed by atoms with E-state index in [9.17, 15) is 14.0 Å². The molecule has 1 N–H and O–H groups in total. The Balaban J connectivity index is 1.98. The molecule has 1 amide bonds. The second kappa shape index (κ2) is 5.52. The van der Waals surface area contributed by atoms with E-state index in [4.69, 9.17) is 5.11 Å². The third-order valence-corrected chi connectivity index (χ3v) is 3.40. The smallest absolute Gasteiger partial charge is 0.310 e. The molecule has 1 aromatic rings. The highest BCUT2D eigenvalue weighted by Gasteiger charge is 2.34. The van der Waals surface area contributed by atoms with Crippen molar-refractivity contribution in [3.8, 4) is 0 Å². The number of carbonyl (C=O) groups is 2. The summed E-state index contributed by atoms with van der Waals surface area (Å²) in [6, 6.07) is 4.44. The number of carbonyl (C=O) groups excluding carboxylic acids is 1. The summed E-state index contributed by atoms with van der Waals surface area (Å²) in [5.74, 6) is -2.11. The Morgan fingerprint density at radius 3 is 2.74 bits per heavy atom. The van der Waals surface area contributed by atoms with Crippen molar-refractivity contribution in [2.75, 3.05) is 13.1 Å². The van der Waals surface area contributed by atoms with Gasteiger partial charge in [-0.05, 0) is 24.3 Å². The number of rotatable bonds is 3. The number of hydrogen-bond donors (Lipinski definition) is 1. The van der Waals surface area contributed by atoms with E-state index in [-0.39, 0.29) is 19.0 Å². The molecule has 0 spiro atoms. The average molecular weight is 328 g/mol. The molecule has 6 heteroatoms. The van der Waals surface area contributed by atoms with E-state index < -0.39 is 17.7 Å². The molecule has 0 atom stereocenters. The number of aliphatic carboxylic acids is 1. The summed E-state index contributed by atoms with van der Waals surface area (Å²) in [6.45, 7) is 0.416. The molecule has 1 fully saturated rings. The number of amides is 1. The van der Waals surface area contributed by atoms with Crippen LogP contribution in [0.5, 0.6) is 0 Å². The molecular formula is C13H11BrFNO3. The maximum Gasteiger partial charge on any atom is 0.310 e. The first-order valence-electron chi connectivity index (χ1n) is 5.62. The topological polar surface area (TPSA) is 57.6 Å². The number of carboxylic acids is 1. The number of likely N-dealkylation sites (tertiary alicyclic amines) is 1. The van der Waals surface area contributed by atoms with E-state index in [0.717, 1.165) is 4.47 Å². The molecule has 4 nitrogen and oxygen atoms in total. The van der Waals surface area contributed by atoms with E-state index in [1.54, 1.807) is 12.1 Å². The van der Waals surface area contributed by atoms with Gasteiger partial charge in [0.1, 0.15) is 5.82 Å². The van der Waals surface area contributed by atoms with Crippen molar-refractivity contribution < 1.29 is 19.1 Å². The van der Waals surface area contributed by atoms with Crippen molar-refractivity contribution in [3.05, 3.63) is 40.1 Å². The molecule has 1 aliphatic rings. The monoisotopic (exact) mass is 327 g/mol. The molecule has 1 aliphatic heterocycles. The molecule has 2 rings (SSSR count). The first-order valence-corrected chi connectivity index (χ1v) is 6.41. The van der Waals surface area contributed by atoms with Gasteiger partial charge >= 0.3 is 5.97 Å². The number of nitrogens with zero attached hydrogens (tertiary/aromatic N) is 1. The maximum absolute atomic E-state index is 13.4. The van der Waals surface area contributed by atoms with Gasteiger partial charge in [0.25, 0.3) is 0 Å². The number of benzene rings is 1. The van der Waals surface area contributed by atoms with Crippen molar-refractivity contribution in [2.24, 2.45) is 5.92 Å². The highest BCUT2D eigenvalue weighted by molar-refractivity contribution is 9.10. The van der Waals surface area contributed by atoms with Crippen LogP contribution in [0.3, 0.4) is 0 Å². The summed E-state index contributed by atoms with van der Waals surface area (Å²) in [5.41, 5.74) is 0.304. The van der Waals surface area contributed by atoms with Crippen LogP contribution in [-0.4, -0.2) is 35.0 Å². The molecular weight excluding hydrogens is 317 g/mol. The molecule has 0 saturated carbocycles. The lowest BCUT2D eigenvalue weighted by Crippen LogP contribution is -2.52. The summed E-state index contributed by atoms with van der Waals surface area (Å²) >= 11 is 3.22. The van der Waals surface area contributed by atoms with Crippen molar-refractivity contribution in [2.45, 2.75) is 0 Å². The molecule has 1 aromatic carbocycles. The van der Waals surface area contributed by atoms with Gasteiger partial charge in [0.15, 0.2) is 0 Å². The lowest BCUT2D eigenvalue weighted by molar-refractivity contribution is -0.151. The lowest BCUT2D eigenvalue weighted by atomic mass is 10.0. The predicted octanol–water partition coefficient (Wildman–Crippen LogP) is 2.14. The molecule has 19 heavy (non-hydrogen) atoms. The van der Waals surface area contributed by atoms with Gasteiger partial charge in [-0.2, -0.15) is 0 Å². The number of halogens is 2. The second-order valence-electron chi connectivity index (χ2n) is 4.28. The van der Waals surface area contributed by atoms with Crippen molar-refractivity contribution in [1.82, 2.24) is 4.90 Å². The molecule has 0 aromatic heterocycles. The van der Waals surface area contributed by atoms with E-state index in [2.05, 4.69) is 15.9 Å². The van der Waals surface area contributed by atoms with Crippen LogP contribution in [0.4, 0.5) is 4.39 Å². The van der Waals surface area contributed by atoms with Gasteiger partial charge in [0.2, 0.25) is 5.91 Å². The Bertz CT molecular complexity index is 553. The first-order chi connectivity index (χ1) is 8.97. The fourth-order valence-electron chi connectivity index (χ4n) is 1.72. The summed E-state index contributed by atoms with van der Waals surface area (Å²) in [7, 11) is 0. The van der Waals surface area contributed by atoms with E-state index in [1.807, 2.05) is 0 Å². The molecule has 0 unspecified atom stereocenters. The van der Waals surface area contributed by atoms with Gasteiger partial charge in [-0.25, -0.2) is 4.39 Å². The Hall–Kier alpha value is -1.69. The molecule has 100 valence electrons. The fourth-order valence-corrected chi connectivity index (χ4v) is 2.10. The van der Waals surface area contributed by atoms with Crippen molar-refractivity contribution in [3.63, 3.8) is 0 Å². The molecule has 0 radical (unpaired) electrons. The van der Waals surface area contributed by atoms with Gasteiger partial charge in [-0.15, -0.1) is 0 Å². The highest BCUT2D eigenvalue weighted by atomic mass is 79.9. The average Bonchev–Trinajstić information content (AvgIpc) is 2.28. The van der Waals surface area contributed by atoms with Crippen LogP contribution in [0, 0.1) is 11.7 Å². The lowest BCUT2D eigenvalue weighted by Gasteiger charge is -2.35. The Labute approximate surface area is 117 Å². The number of hydrogen-bond acceptors (Lipinski definition) is 2. The van der Waals surface area contributed by atoms with Crippen molar-refractivity contribution in [1.29, 1.82) is 0 Å². The van der Waals surface area contributed by atoms with E-state index in [1.165, 1.54) is 23.1 Å². The molecule has 1 saturated heterocycles. The van der Waals surface area contributed by atoms with Crippen LogP contribution in [0.1, 0.15) is 5.56 Å². The van der Waals surface area contributed by atoms with Crippen LogP contribution >= 0.6 is 15.9 Å². The summed E-state index contributed by atoms with van der Waals surface area (Å²) in [6.07, 6.45) is 2.64.